The van der Waals surface area contributed by atoms with Crippen LogP contribution in [0.5, 0.6) is 11.5 Å². The van der Waals surface area contributed by atoms with E-state index in [1.807, 2.05) is 84.1 Å². The first-order valence-corrected chi connectivity index (χ1v) is 8.21. The quantitative estimate of drug-likeness (QED) is 0.601. The molecule has 5 heteroatoms. The van der Waals surface area contributed by atoms with E-state index >= 15 is 0 Å². The summed E-state index contributed by atoms with van der Waals surface area (Å²) in [5, 5.41) is 4.39. The van der Waals surface area contributed by atoms with Gasteiger partial charge in [0.05, 0.1) is 0 Å². The molecule has 0 amide bonds. The Labute approximate surface area is 147 Å². The Morgan fingerprint density at radius 2 is 1.70 bits per heavy atom. The lowest BCUT2D eigenvalue weighted by molar-refractivity contribution is 0.471. The maximum Gasteiger partial charge on any atom is 0.283 e. The summed E-state index contributed by atoms with van der Waals surface area (Å²) in [6.07, 6.45) is 0. The van der Waals surface area contributed by atoms with Gasteiger partial charge in [-0.1, -0.05) is 48.0 Å². The van der Waals surface area contributed by atoms with Crippen molar-refractivity contribution in [3.8, 4) is 22.8 Å². The first-order valence-electron chi connectivity index (χ1n) is 7.13. The zero-order valence-electron chi connectivity index (χ0n) is 12.8. The molecule has 2 aromatic carbocycles. The highest BCUT2D eigenvalue weighted by Crippen LogP contribution is 2.33. The molecule has 23 heavy (non-hydrogen) atoms. The van der Waals surface area contributed by atoms with Gasteiger partial charge in [0.2, 0.25) is 0 Å². The zero-order valence-corrected chi connectivity index (χ0v) is 14.9. The van der Waals surface area contributed by atoms with E-state index < -0.39 is 0 Å². The largest absolute Gasteiger partial charge is 0.454 e. The van der Waals surface area contributed by atoms with Gasteiger partial charge >= 0.3 is 0 Å². The number of benzene rings is 2. The van der Waals surface area contributed by atoms with Crippen molar-refractivity contribution < 1.29 is 4.74 Å². The lowest BCUT2D eigenvalue weighted by atomic mass is 10.1. The van der Waals surface area contributed by atoms with Crippen molar-refractivity contribution in [2.75, 3.05) is 0 Å². The number of ether oxygens (including phenoxy) is 1. The van der Waals surface area contributed by atoms with Crippen LogP contribution in [0.15, 0.2) is 59.4 Å². The average Bonchev–Trinajstić information content (AvgIpc) is 2.58. The van der Waals surface area contributed by atoms with Gasteiger partial charge in [0.25, 0.3) is 5.56 Å². The van der Waals surface area contributed by atoms with Crippen LogP contribution in [-0.2, 0) is 7.05 Å². The second-order valence-corrected chi connectivity index (χ2v) is 6.28. The third-order valence-electron chi connectivity index (χ3n) is 3.43. The summed E-state index contributed by atoms with van der Waals surface area (Å²) in [5.41, 5.74) is 2.53. The van der Waals surface area contributed by atoms with Gasteiger partial charge < -0.3 is 4.74 Å². The van der Waals surface area contributed by atoms with Gasteiger partial charge in [-0.2, -0.15) is 5.10 Å². The smallest absolute Gasteiger partial charge is 0.283 e. The third kappa shape index (κ3) is 3.29. The van der Waals surface area contributed by atoms with Gasteiger partial charge in [-0.25, -0.2) is 4.68 Å². The van der Waals surface area contributed by atoms with Crippen LogP contribution in [0.1, 0.15) is 5.56 Å². The molecule has 0 aliphatic rings. The number of aryl methyl sites for hydroxylation is 2. The summed E-state index contributed by atoms with van der Waals surface area (Å²) in [4.78, 5) is 12.2. The van der Waals surface area contributed by atoms with Crippen LogP contribution in [0.25, 0.3) is 11.3 Å². The lowest BCUT2D eigenvalue weighted by Crippen LogP contribution is -2.23. The minimum absolute atomic E-state index is 0.174. The topological polar surface area (TPSA) is 44.1 Å². The number of aromatic nitrogens is 2. The summed E-state index contributed by atoms with van der Waals surface area (Å²) < 4.78 is 7.86. The fourth-order valence-corrected chi connectivity index (χ4v) is 2.90. The second-order valence-electron chi connectivity index (χ2n) is 5.20. The van der Waals surface area contributed by atoms with Crippen LogP contribution in [0.4, 0.5) is 0 Å². The van der Waals surface area contributed by atoms with E-state index in [4.69, 9.17) is 4.74 Å². The molecule has 0 saturated carbocycles. The van der Waals surface area contributed by atoms with Crippen molar-refractivity contribution in [2.24, 2.45) is 7.05 Å². The molecule has 0 fully saturated rings. The zero-order chi connectivity index (χ0) is 16.4. The average molecular weight is 418 g/mol. The van der Waals surface area contributed by atoms with Crippen molar-refractivity contribution in [1.29, 1.82) is 0 Å². The molecule has 3 rings (SSSR count). The molecule has 0 radical (unpaired) electrons. The van der Waals surface area contributed by atoms with Crippen molar-refractivity contribution in [3.05, 3.63) is 74.1 Å². The summed E-state index contributed by atoms with van der Waals surface area (Å²) >= 11 is 2.02. The van der Waals surface area contributed by atoms with Crippen LogP contribution in [-0.4, -0.2) is 9.78 Å². The van der Waals surface area contributed by atoms with Crippen LogP contribution in [0.2, 0.25) is 0 Å². The molecule has 116 valence electrons. The van der Waals surface area contributed by atoms with Gasteiger partial charge in [-0.05, 0) is 41.6 Å². The van der Waals surface area contributed by atoms with Gasteiger partial charge in [0.1, 0.15) is 15.0 Å². The molecule has 0 aliphatic carbocycles. The SMILES string of the molecule is Cc1ccc(Oc2c(-c3ccccc3)nn(C)c(=O)c2I)cc1. The van der Waals surface area contributed by atoms with E-state index in [0.29, 0.717) is 20.8 Å². The number of rotatable bonds is 3. The highest BCUT2D eigenvalue weighted by atomic mass is 127. The van der Waals surface area contributed by atoms with Gasteiger partial charge in [-0.3, -0.25) is 4.79 Å². The van der Waals surface area contributed by atoms with Crippen molar-refractivity contribution in [3.63, 3.8) is 0 Å². The van der Waals surface area contributed by atoms with E-state index in [2.05, 4.69) is 5.10 Å². The molecule has 0 unspecified atom stereocenters. The number of halogens is 1. The van der Waals surface area contributed by atoms with Crippen LogP contribution >= 0.6 is 22.6 Å². The standard InChI is InChI=1S/C18H15IN2O2/c1-12-8-10-14(11-9-12)23-17-15(19)18(22)21(2)20-16(17)13-6-4-3-5-7-13/h3-11H,1-2H3. The molecule has 0 N–H and O–H groups in total. The second kappa shape index (κ2) is 6.54. The van der Waals surface area contributed by atoms with Crippen molar-refractivity contribution >= 4 is 22.6 Å². The Bertz CT molecular complexity index is 887. The number of nitrogens with zero attached hydrogens (tertiary/aromatic N) is 2. The molecular weight excluding hydrogens is 403 g/mol. The van der Waals surface area contributed by atoms with Crippen molar-refractivity contribution in [2.45, 2.75) is 6.92 Å². The van der Waals surface area contributed by atoms with E-state index in [1.54, 1.807) is 7.05 Å². The highest BCUT2D eigenvalue weighted by molar-refractivity contribution is 14.1. The van der Waals surface area contributed by atoms with Crippen LogP contribution in [0, 0.1) is 10.5 Å². The maximum absolute atomic E-state index is 12.2. The Morgan fingerprint density at radius 3 is 2.35 bits per heavy atom. The minimum Gasteiger partial charge on any atom is -0.454 e. The molecule has 0 atom stereocenters. The normalized spacial score (nSPS) is 10.6. The summed E-state index contributed by atoms with van der Waals surface area (Å²) in [6, 6.07) is 17.4. The molecule has 3 aromatic rings. The van der Waals surface area contributed by atoms with E-state index in [9.17, 15) is 4.79 Å². The molecule has 0 aliphatic heterocycles. The molecular formula is C18H15IN2O2. The fraction of sp³-hybridized carbons (Fsp3) is 0.111. The predicted octanol–water partition coefficient (Wildman–Crippen LogP) is 4.15. The van der Waals surface area contributed by atoms with Gasteiger partial charge in [0.15, 0.2) is 5.75 Å². The Morgan fingerprint density at radius 1 is 1.04 bits per heavy atom. The number of hydrogen-bond donors (Lipinski definition) is 0. The summed E-state index contributed by atoms with van der Waals surface area (Å²) in [7, 11) is 1.65. The summed E-state index contributed by atoms with van der Waals surface area (Å²) in [6.45, 7) is 2.02. The Balaban J connectivity index is 2.16. The van der Waals surface area contributed by atoms with E-state index in [1.165, 1.54) is 4.68 Å². The molecule has 0 saturated heterocycles. The monoisotopic (exact) mass is 418 g/mol. The fourth-order valence-electron chi connectivity index (χ4n) is 2.19. The third-order valence-corrected chi connectivity index (χ3v) is 4.39. The Kier molecular flexibility index (Phi) is 4.47. The number of hydrogen-bond acceptors (Lipinski definition) is 3. The minimum atomic E-state index is -0.174. The first kappa shape index (κ1) is 15.7. The molecule has 1 heterocycles. The molecule has 0 spiro atoms. The molecule has 4 nitrogen and oxygen atoms in total. The molecule has 0 bridgehead atoms. The first-order chi connectivity index (χ1) is 11.1. The van der Waals surface area contributed by atoms with Crippen LogP contribution < -0.4 is 10.3 Å². The predicted molar refractivity (Wildman–Crippen MR) is 98.9 cm³/mol. The highest BCUT2D eigenvalue weighted by Gasteiger charge is 2.18. The van der Waals surface area contributed by atoms with Crippen LogP contribution in [0.3, 0.4) is 0 Å². The summed E-state index contributed by atoms with van der Waals surface area (Å²) in [5.74, 6) is 1.17. The van der Waals surface area contributed by atoms with E-state index in [0.717, 1.165) is 11.1 Å². The van der Waals surface area contributed by atoms with Gasteiger partial charge in [-0.15, -0.1) is 0 Å². The lowest BCUT2D eigenvalue weighted by Gasteiger charge is -2.13. The van der Waals surface area contributed by atoms with Crippen molar-refractivity contribution in [1.82, 2.24) is 9.78 Å². The molecule has 1 aromatic heterocycles. The van der Waals surface area contributed by atoms with Gasteiger partial charge in [0, 0.05) is 12.6 Å². The Hall–Kier alpha value is -2.15. The van der Waals surface area contributed by atoms with E-state index in [-0.39, 0.29) is 5.56 Å². The maximum atomic E-state index is 12.2.